The van der Waals surface area contributed by atoms with Gasteiger partial charge in [0, 0.05) is 74.9 Å². The molecule has 1 aliphatic rings. The minimum absolute atomic E-state index is 0.813. The van der Waals surface area contributed by atoms with Gasteiger partial charge in [-0.2, -0.15) is 0 Å². The molecule has 0 saturated carbocycles. The third-order valence-electron chi connectivity index (χ3n) is 11.5. The summed E-state index contributed by atoms with van der Waals surface area (Å²) in [4.78, 5) is 15.4. The van der Waals surface area contributed by atoms with E-state index in [9.17, 15) is 0 Å². The van der Waals surface area contributed by atoms with Crippen LogP contribution in [0.5, 0.6) is 11.5 Å². The first-order valence-corrected chi connectivity index (χ1v) is 20.6. The van der Waals surface area contributed by atoms with E-state index in [4.69, 9.17) is 19.4 Å². The monoisotopic (exact) mass is 772 g/mol. The zero-order valence-electron chi connectivity index (χ0n) is 33.5. The molecule has 2 N–H and O–H groups in total. The van der Waals surface area contributed by atoms with Crippen molar-refractivity contribution in [3.63, 3.8) is 0 Å². The molecule has 296 valence electrons. The molecule has 10 heteroatoms. The molecule has 10 nitrogen and oxygen atoms in total. The number of benzene rings is 4. The fraction of sp³-hybridized carbons (Fsp3) is 0.292. The number of hydrogen-bond donors (Lipinski definition) is 2. The first-order chi connectivity index (χ1) is 28.6. The van der Waals surface area contributed by atoms with E-state index in [0.717, 1.165) is 145 Å². The van der Waals surface area contributed by atoms with Crippen LogP contribution in [0.15, 0.2) is 122 Å². The molecule has 1 saturated heterocycles. The lowest BCUT2D eigenvalue weighted by Gasteiger charge is -2.34. The number of methoxy groups -OCH3 is 2. The molecule has 0 radical (unpaired) electrons. The standard InChI is InChI=1S/C48H52N8O2/c1-57-39-16-18-43-42(31-39)52-48(44-13-5-23-55(43)44)38-12-4-10-36(30-38)34-50-20-8-22-54-27-25-53(26-28-54)21-7-19-49-33-35-9-3-11-37(29-35)47-45-14-6-24-56(45)46-32-40(58-2)15-17-41(46)51-47/h3-6,9-18,23-24,29-32,49-50H,7-8,19-22,25-28,33-34H2,1-2H3. The molecule has 0 amide bonds. The van der Waals surface area contributed by atoms with Gasteiger partial charge in [0.25, 0.3) is 0 Å². The molecule has 9 rings (SSSR count). The van der Waals surface area contributed by atoms with Crippen molar-refractivity contribution < 1.29 is 9.47 Å². The van der Waals surface area contributed by atoms with Crippen LogP contribution in [-0.2, 0) is 13.1 Å². The Kier molecular flexibility index (Phi) is 11.3. The maximum absolute atomic E-state index is 5.48. The molecule has 4 aromatic heterocycles. The van der Waals surface area contributed by atoms with Gasteiger partial charge in [-0.1, -0.05) is 36.4 Å². The average Bonchev–Trinajstić information content (AvgIpc) is 3.98. The summed E-state index contributed by atoms with van der Waals surface area (Å²) in [6.45, 7) is 10.5. The molecule has 0 spiro atoms. The maximum Gasteiger partial charge on any atom is 0.121 e. The predicted molar refractivity (Wildman–Crippen MR) is 235 cm³/mol. The zero-order valence-corrected chi connectivity index (χ0v) is 33.5. The first-order valence-electron chi connectivity index (χ1n) is 20.6. The van der Waals surface area contributed by atoms with Gasteiger partial charge in [0.1, 0.15) is 11.5 Å². The van der Waals surface area contributed by atoms with E-state index in [0.29, 0.717) is 0 Å². The van der Waals surface area contributed by atoms with Gasteiger partial charge in [0.15, 0.2) is 0 Å². The number of fused-ring (bicyclic) bond motifs is 6. The highest BCUT2D eigenvalue weighted by Crippen LogP contribution is 2.31. The van der Waals surface area contributed by atoms with Crippen molar-refractivity contribution in [2.75, 3.05) is 66.6 Å². The zero-order chi connectivity index (χ0) is 39.3. The Balaban J connectivity index is 0.689. The molecule has 1 fully saturated rings. The third kappa shape index (κ3) is 8.14. The van der Waals surface area contributed by atoms with E-state index in [2.05, 4.69) is 120 Å². The molecular weight excluding hydrogens is 721 g/mol. The molecular formula is C48H52N8O2. The highest BCUT2D eigenvalue weighted by molar-refractivity contribution is 5.89. The highest BCUT2D eigenvalue weighted by Gasteiger charge is 2.17. The van der Waals surface area contributed by atoms with Crippen LogP contribution in [-0.4, -0.2) is 95.1 Å². The fourth-order valence-corrected chi connectivity index (χ4v) is 8.40. The van der Waals surface area contributed by atoms with Crippen molar-refractivity contribution in [1.29, 1.82) is 0 Å². The van der Waals surface area contributed by atoms with E-state index in [1.807, 2.05) is 30.3 Å². The number of rotatable bonds is 16. The Hall–Kier alpha value is -5.78. The number of ether oxygens (including phenoxy) is 2. The number of piperazine rings is 1. The van der Waals surface area contributed by atoms with Crippen molar-refractivity contribution in [3.05, 3.63) is 133 Å². The van der Waals surface area contributed by atoms with Gasteiger partial charge in [0.05, 0.1) is 58.7 Å². The van der Waals surface area contributed by atoms with E-state index >= 15 is 0 Å². The minimum Gasteiger partial charge on any atom is -0.497 e. The van der Waals surface area contributed by atoms with Gasteiger partial charge >= 0.3 is 0 Å². The summed E-state index contributed by atoms with van der Waals surface area (Å²) >= 11 is 0. The maximum atomic E-state index is 5.48. The van der Waals surface area contributed by atoms with Gasteiger partial charge in [0.2, 0.25) is 0 Å². The van der Waals surface area contributed by atoms with E-state index in [-0.39, 0.29) is 0 Å². The summed E-state index contributed by atoms with van der Waals surface area (Å²) in [6, 6.07) is 38.1. The number of nitrogens with zero attached hydrogens (tertiary/aromatic N) is 6. The lowest BCUT2D eigenvalue weighted by atomic mass is 10.1. The second kappa shape index (κ2) is 17.4. The van der Waals surface area contributed by atoms with E-state index < -0.39 is 0 Å². The van der Waals surface area contributed by atoms with Gasteiger partial charge < -0.3 is 38.7 Å². The first kappa shape index (κ1) is 37.8. The van der Waals surface area contributed by atoms with Crippen LogP contribution in [0.2, 0.25) is 0 Å². The fourth-order valence-electron chi connectivity index (χ4n) is 8.40. The van der Waals surface area contributed by atoms with E-state index in [1.165, 1.54) is 11.1 Å². The van der Waals surface area contributed by atoms with Crippen molar-refractivity contribution in [2.24, 2.45) is 0 Å². The summed E-state index contributed by atoms with van der Waals surface area (Å²) < 4.78 is 15.4. The van der Waals surface area contributed by atoms with Crippen molar-refractivity contribution >= 4 is 33.1 Å². The number of aromatic nitrogens is 4. The van der Waals surface area contributed by atoms with Crippen LogP contribution >= 0.6 is 0 Å². The normalized spacial score (nSPS) is 14.0. The molecule has 0 atom stereocenters. The van der Waals surface area contributed by atoms with Crippen LogP contribution in [0.25, 0.3) is 55.6 Å². The number of nitrogens with one attached hydrogen (secondary N) is 2. The predicted octanol–water partition coefficient (Wildman–Crippen LogP) is 7.92. The highest BCUT2D eigenvalue weighted by atomic mass is 16.5. The molecule has 1 aliphatic heterocycles. The van der Waals surface area contributed by atoms with Gasteiger partial charge in [-0.25, -0.2) is 9.97 Å². The van der Waals surface area contributed by atoms with E-state index in [1.54, 1.807) is 14.2 Å². The summed E-state index contributed by atoms with van der Waals surface area (Å²) in [5.74, 6) is 1.65. The molecule has 0 bridgehead atoms. The molecule has 8 aromatic rings. The Morgan fingerprint density at radius 2 is 1.05 bits per heavy atom. The largest absolute Gasteiger partial charge is 0.497 e. The lowest BCUT2D eigenvalue weighted by Crippen LogP contribution is -2.47. The lowest BCUT2D eigenvalue weighted by molar-refractivity contribution is 0.130. The van der Waals surface area contributed by atoms with Crippen molar-refractivity contribution in [2.45, 2.75) is 25.9 Å². The molecule has 0 unspecified atom stereocenters. The van der Waals surface area contributed by atoms with Gasteiger partial charge in [-0.05, 0) is 111 Å². The summed E-state index contributed by atoms with van der Waals surface area (Å²) in [5, 5.41) is 7.38. The Labute approximate surface area is 340 Å². The van der Waals surface area contributed by atoms with Crippen molar-refractivity contribution in [3.8, 4) is 34.0 Å². The van der Waals surface area contributed by atoms with Crippen LogP contribution in [0.1, 0.15) is 24.0 Å². The van der Waals surface area contributed by atoms with Gasteiger partial charge in [-0.3, -0.25) is 0 Å². The molecule has 4 aromatic carbocycles. The van der Waals surface area contributed by atoms with Crippen LogP contribution in [0.4, 0.5) is 0 Å². The summed E-state index contributed by atoms with van der Waals surface area (Å²) in [5.41, 5.74) is 13.0. The minimum atomic E-state index is 0.813. The Bertz CT molecular complexity index is 2660. The third-order valence-corrected chi connectivity index (χ3v) is 11.5. The smallest absolute Gasteiger partial charge is 0.121 e. The van der Waals surface area contributed by atoms with Crippen LogP contribution < -0.4 is 20.1 Å². The van der Waals surface area contributed by atoms with Gasteiger partial charge in [-0.15, -0.1) is 0 Å². The summed E-state index contributed by atoms with van der Waals surface area (Å²) in [6.07, 6.45) is 6.49. The second-order valence-electron chi connectivity index (χ2n) is 15.3. The average molecular weight is 773 g/mol. The molecule has 5 heterocycles. The molecule has 58 heavy (non-hydrogen) atoms. The molecule has 0 aliphatic carbocycles. The Morgan fingerprint density at radius 1 is 0.517 bits per heavy atom. The SMILES string of the molecule is COc1ccc2c(c1)nc(-c1cccc(CNCCCN3CCN(CCCNCc4cccc(-c5nc6ccc(OC)cc6n6cccc56)c4)CC3)c1)c1cccn12. The number of hydrogen-bond acceptors (Lipinski definition) is 8. The summed E-state index contributed by atoms with van der Waals surface area (Å²) in [7, 11) is 3.40. The topological polar surface area (TPSA) is 83.6 Å². The van der Waals surface area contributed by atoms with Crippen LogP contribution in [0.3, 0.4) is 0 Å². The van der Waals surface area contributed by atoms with Crippen molar-refractivity contribution in [1.82, 2.24) is 39.2 Å². The van der Waals surface area contributed by atoms with Crippen LogP contribution in [0, 0.1) is 0 Å². The quantitative estimate of drug-likeness (QED) is 0.0960. The Morgan fingerprint density at radius 3 is 1.64 bits per heavy atom. The second-order valence-corrected chi connectivity index (χ2v) is 15.3.